The van der Waals surface area contributed by atoms with Crippen molar-refractivity contribution < 1.29 is 9.18 Å². The molecular weight excluding hydrogens is 381 g/mol. The molecule has 0 atom stereocenters. The number of aryl methyl sites for hydroxylation is 1. The third-order valence-corrected chi connectivity index (χ3v) is 4.92. The molecule has 150 valence electrons. The molecule has 0 aliphatic rings. The number of aromatic nitrogens is 2. The largest absolute Gasteiger partial charge is 0.306 e. The first-order chi connectivity index (χ1) is 14.5. The van der Waals surface area contributed by atoms with Crippen LogP contribution in [-0.4, -0.2) is 15.5 Å². The number of hydrogen-bond acceptors (Lipinski definition) is 3. The molecule has 3 aromatic carbocycles. The maximum absolute atomic E-state index is 13.6. The highest BCUT2D eigenvalue weighted by atomic mass is 19.1. The van der Waals surface area contributed by atoms with Gasteiger partial charge in [-0.2, -0.15) is 0 Å². The summed E-state index contributed by atoms with van der Waals surface area (Å²) in [5.41, 5.74) is 2.74. The van der Waals surface area contributed by atoms with Gasteiger partial charge in [-0.3, -0.25) is 14.2 Å². The molecule has 5 nitrogen and oxygen atoms in total. The Morgan fingerprint density at radius 3 is 2.50 bits per heavy atom. The molecule has 0 radical (unpaired) electrons. The van der Waals surface area contributed by atoms with E-state index in [0.717, 1.165) is 22.9 Å². The van der Waals surface area contributed by atoms with E-state index in [-0.39, 0.29) is 17.8 Å². The normalized spacial score (nSPS) is 10.9. The van der Waals surface area contributed by atoms with Crippen LogP contribution in [0.2, 0.25) is 0 Å². The van der Waals surface area contributed by atoms with Crippen molar-refractivity contribution in [1.82, 2.24) is 9.55 Å². The van der Waals surface area contributed by atoms with Crippen LogP contribution in [0.1, 0.15) is 11.1 Å². The van der Waals surface area contributed by atoms with Crippen molar-refractivity contribution in [3.05, 3.63) is 106 Å². The zero-order valence-electron chi connectivity index (χ0n) is 16.5. The summed E-state index contributed by atoms with van der Waals surface area (Å²) in [6.07, 6.45) is 1.33. The molecule has 0 bridgehead atoms. The molecule has 4 aromatic rings. The van der Waals surface area contributed by atoms with Crippen LogP contribution in [0.4, 0.5) is 10.1 Å². The first-order valence-corrected chi connectivity index (χ1v) is 9.57. The van der Waals surface area contributed by atoms with Crippen molar-refractivity contribution in [2.24, 2.45) is 0 Å². The van der Waals surface area contributed by atoms with E-state index in [4.69, 9.17) is 0 Å². The van der Waals surface area contributed by atoms with Crippen LogP contribution in [0.15, 0.2) is 83.9 Å². The summed E-state index contributed by atoms with van der Waals surface area (Å²) in [5, 5.41) is 0.148. The molecule has 4 rings (SSSR count). The zero-order chi connectivity index (χ0) is 21.1. The number of hydrogen-bond donors (Lipinski definition) is 0. The molecule has 0 N–H and O–H groups in total. The van der Waals surface area contributed by atoms with E-state index >= 15 is 0 Å². The van der Waals surface area contributed by atoms with Crippen molar-refractivity contribution >= 4 is 22.5 Å². The van der Waals surface area contributed by atoms with E-state index in [2.05, 4.69) is 4.98 Å². The SMILES string of the molecule is Cc1ccc(N(Cc2ccccc2)C(=O)Cn2cnc3ccc(F)cc3c2=O)cc1. The fourth-order valence-corrected chi connectivity index (χ4v) is 3.29. The van der Waals surface area contributed by atoms with E-state index in [1.165, 1.54) is 23.0 Å². The van der Waals surface area contributed by atoms with Gasteiger partial charge in [-0.1, -0.05) is 48.0 Å². The molecule has 1 amide bonds. The number of carbonyl (C=O) groups excluding carboxylic acids is 1. The number of anilines is 1. The van der Waals surface area contributed by atoms with E-state index in [0.29, 0.717) is 12.1 Å². The van der Waals surface area contributed by atoms with Gasteiger partial charge in [0.15, 0.2) is 0 Å². The Balaban J connectivity index is 1.68. The molecule has 30 heavy (non-hydrogen) atoms. The fourth-order valence-electron chi connectivity index (χ4n) is 3.29. The monoisotopic (exact) mass is 401 g/mol. The quantitative estimate of drug-likeness (QED) is 0.506. The molecule has 0 fully saturated rings. The highest BCUT2D eigenvalue weighted by molar-refractivity contribution is 5.93. The molecule has 0 saturated carbocycles. The van der Waals surface area contributed by atoms with Gasteiger partial charge in [0.2, 0.25) is 5.91 Å². The van der Waals surface area contributed by atoms with E-state index in [9.17, 15) is 14.0 Å². The zero-order valence-corrected chi connectivity index (χ0v) is 16.5. The summed E-state index contributed by atoms with van der Waals surface area (Å²) in [4.78, 5) is 31.8. The van der Waals surface area contributed by atoms with E-state index in [1.54, 1.807) is 4.90 Å². The molecule has 1 aromatic heterocycles. The average Bonchev–Trinajstić information content (AvgIpc) is 2.76. The number of amides is 1. The van der Waals surface area contributed by atoms with Crippen molar-refractivity contribution in [3.8, 4) is 0 Å². The summed E-state index contributed by atoms with van der Waals surface area (Å²) in [5.74, 6) is -0.779. The van der Waals surface area contributed by atoms with Crippen molar-refractivity contribution in [1.29, 1.82) is 0 Å². The Morgan fingerprint density at radius 1 is 1.03 bits per heavy atom. The van der Waals surface area contributed by atoms with Gasteiger partial charge in [0, 0.05) is 5.69 Å². The first kappa shape index (κ1) is 19.5. The lowest BCUT2D eigenvalue weighted by Crippen LogP contribution is -2.36. The van der Waals surface area contributed by atoms with Crippen LogP contribution >= 0.6 is 0 Å². The summed E-state index contributed by atoms with van der Waals surface area (Å²) in [6, 6.07) is 21.1. The highest BCUT2D eigenvalue weighted by Gasteiger charge is 2.18. The molecule has 0 unspecified atom stereocenters. The minimum Gasteiger partial charge on any atom is -0.306 e. The molecule has 1 heterocycles. The smallest absolute Gasteiger partial charge is 0.261 e. The third-order valence-electron chi connectivity index (χ3n) is 4.92. The van der Waals surface area contributed by atoms with Gasteiger partial charge >= 0.3 is 0 Å². The predicted octanol–water partition coefficient (Wildman–Crippen LogP) is 4.08. The number of rotatable bonds is 5. The molecule has 6 heteroatoms. The van der Waals surface area contributed by atoms with Gasteiger partial charge in [0.05, 0.1) is 23.8 Å². The summed E-state index contributed by atoms with van der Waals surface area (Å²) in [7, 11) is 0. The Bertz CT molecular complexity index is 1250. The second-order valence-corrected chi connectivity index (χ2v) is 7.14. The lowest BCUT2D eigenvalue weighted by atomic mass is 10.1. The number of nitrogens with zero attached hydrogens (tertiary/aromatic N) is 3. The number of carbonyl (C=O) groups is 1. The lowest BCUT2D eigenvalue weighted by molar-refractivity contribution is -0.119. The Labute approximate surface area is 173 Å². The lowest BCUT2D eigenvalue weighted by Gasteiger charge is -2.24. The van der Waals surface area contributed by atoms with Crippen LogP contribution in [0, 0.1) is 12.7 Å². The van der Waals surface area contributed by atoms with Gasteiger partial charge in [0.1, 0.15) is 12.4 Å². The number of benzene rings is 3. The van der Waals surface area contributed by atoms with E-state index in [1.807, 2.05) is 61.5 Å². The van der Waals surface area contributed by atoms with Gasteiger partial charge in [-0.15, -0.1) is 0 Å². The molecule has 0 saturated heterocycles. The van der Waals surface area contributed by atoms with Crippen LogP contribution < -0.4 is 10.5 Å². The summed E-state index contributed by atoms with van der Waals surface area (Å²) < 4.78 is 14.8. The molecule has 0 aliphatic carbocycles. The van der Waals surface area contributed by atoms with Crippen molar-refractivity contribution in [2.45, 2.75) is 20.0 Å². The fraction of sp³-hybridized carbons (Fsp3) is 0.125. The predicted molar refractivity (Wildman–Crippen MR) is 115 cm³/mol. The second kappa shape index (κ2) is 8.29. The second-order valence-electron chi connectivity index (χ2n) is 7.14. The average molecular weight is 401 g/mol. The van der Waals surface area contributed by atoms with E-state index < -0.39 is 11.4 Å². The van der Waals surface area contributed by atoms with Gasteiger partial charge in [0.25, 0.3) is 5.56 Å². The maximum Gasteiger partial charge on any atom is 0.261 e. The van der Waals surface area contributed by atoms with Gasteiger partial charge in [-0.25, -0.2) is 9.37 Å². The van der Waals surface area contributed by atoms with Gasteiger partial charge < -0.3 is 4.90 Å². The molecule has 0 spiro atoms. The highest BCUT2D eigenvalue weighted by Crippen LogP contribution is 2.19. The Kier molecular flexibility index (Phi) is 5.39. The first-order valence-electron chi connectivity index (χ1n) is 9.57. The van der Waals surface area contributed by atoms with Crippen LogP contribution in [0.3, 0.4) is 0 Å². The van der Waals surface area contributed by atoms with Crippen LogP contribution in [-0.2, 0) is 17.9 Å². The molecular formula is C24H20FN3O2. The Hall–Kier alpha value is -3.80. The third kappa shape index (κ3) is 4.12. The summed E-state index contributed by atoms with van der Waals surface area (Å²) >= 11 is 0. The van der Waals surface area contributed by atoms with Crippen LogP contribution in [0.25, 0.3) is 10.9 Å². The minimum atomic E-state index is -0.518. The maximum atomic E-state index is 13.6. The number of fused-ring (bicyclic) bond motifs is 1. The molecule has 0 aliphatic heterocycles. The van der Waals surface area contributed by atoms with Gasteiger partial charge in [-0.05, 0) is 42.8 Å². The summed E-state index contributed by atoms with van der Waals surface area (Å²) in [6.45, 7) is 2.15. The van der Waals surface area contributed by atoms with Crippen molar-refractivity contribution in [3.63, 3.8) is 0 Å². The minimum absolute atomic E-state index is 0.148. The topological polar surface area (TPSA) is 55.2 Å². The van der Waals surface area contributed by atoms with Crippen LogP contribution in [0.5, 0.6) is 0 Å². The van der Waals surface area contributed by atoms with Crippen molar-refractivity contribution in [2.75, 3.05) is 4.90 Å². The standard InChI is InChI=1S/C24H20FN3O2/c1-17-7-10-20(11-8-17)28(14-18-5-3-2-4-6-18)23(29)15-27-16-26-22-12-9-19(25)13-21(22)24(27)30/h2-13,16H,14-15H2,1H3. The number of halogens is 1. The Morgan fingerprint density at radius 2 is 1.77 bits per heavy atom.